The van der Waals surface area contributed by atoms with Crippen LogP contribution in [-0.2, 0) is 19.0 Å². The van der Waals surface area contributed by atoms with Crippen LogP contribution in [0.3, 0.4) is 0 Å². The second kappa shape index (κ2) is 7.45. The van der Waals surface area contributed by atoms with E-state index in [9.17, 15) is 21.6 Å². The van der Waals surface area contributed by atoms with Crippen LogP contribution in [0.2, 0.25) is 0 Å². The van der Waals surface area contributed by atoms with Gasteiger partial charge in [0.15, 0.2) is 9.33 Å². The van der Waals surface area contributed by atoms with Gasteiger partial charge in [-0.3, -0.25) is 0 Å². The van der Waals surface area contributed by atoms with Crippen molar-refractivity contribution >= 4 is 10.1 Å². The highest BCUT2D eigenvalue weighted by molar-refractivity contribution is 7.87. The predicted molar refractivity (Wildman–Crippen MR) is 65.9 cm³/mol. The summed E-state index contributed by atoms with van der Waals surface area (Å²) < 4.78 is 70.0. The van der Waals surface area contributed by atoms with Gasteiger partial charge in [0.1, 0.15) is 6.61 Å². The van der Waals surface area contributed by atoms with Gasteiger partial charge in [0, 0.05) is 12.7 Å². The average Bonchev–Trinajstić information content (AvgIpc) is 2.36. The minimum Gasteiger partial charge on any atom is -0.377 e. The minimum atomic E-state index is -5.66. The summed E-state index contributed by atoms with van der Waals surface area (Å²) in [5.41, 5.74) is -4.47. The Kier molecular flexibility index (Phi) is 6.47. The van der Waals surface area contributed by atoms with Gasteiger partial charge < -0.3 is 8.92 Å². The number of aryl methyl sites for hydroxylation is 1. The Hall–Kier alpha value is -0.810. The number of hydrogen-bond acceptors (Lipinski definition) is 4. The molecule has 0 spiro atoms. The summed E-state index contributed by atoms with van der Waals surface area (Å²) in [5, 5.41) is 0. The van der Waals surface area contributed by atoms with Crippen LogP contribution in [0.5, 0.6) is 0 Å². The molecule has 0 radical (unpaired) electrons. The van der Waals surface area contributed by atoms with Crippen LogP contribution < -0.4 is 21.2 Å². The van der Waals surface area contributed by atoms with E-state index in [0.717, 1.165) is 9.13 Å². The maximum absolute atomic E-state index is 12.3. The third-order valence-corrected chi connectivity index (χ3v) is 6.05. The van der Waals surface area contributed by atoms with Crippen LogP contribution in [0.1, 0.15) is 5.56 Å². The first-order valence-corrected chi connectivity index (χ1v) is 9.28. The third kappa shape index (κ3) is 5.47. The van der Waals surface area contributed by atoms with E-state index in [2.05, 4.69) is 8.92 Å². The number of alkyl halides is 3. The summed E-state index contributed by atoms with van der Waals surface area (Å²) in [6.07, 6.45) is 0. The molecule has 0 atom stereocenters. The molecular formula is C12H13F3IO4S+. The topological polar surface area (TPSA) is 52.6 Å². The first-order chi connectivity index (χ1) is 9.67. The van der Waals surface area contributed by atoms with Crippen molar-refractivity contribution < 1.29 is 51.7 Å². The fourth-order valence-corrected chi connectivity index (χ4v) is 3.92. The smallest absolute Gasteiger partial charge is 0.377 e. The SMILES string of the molecule is COC/C(=C\[I+]c1ccccc1C)OS(=O)(=O)C(F)(F)F. The number of methoxy groups -OCH3 is 1. The molecule has 1 aromatic carbocycles. The molecule has 118 valence electrons. The number of benzene rings is 1. The Bertz CT molecular complexity index is 611. The van der Waals surface area contributed by atoms with Crippen LogP contribution in [0.25, 0.3) is 0 Å². The van der Waals surface area contributed by atoms with Gasteiger partial charge in [-0.2, -0.15) is 21.6 Å². The lowest BCUT2D eigenvalue weighted by Crippen LogP contribution is -3.59. The number of rotatable bonds is 6. The fraction of sp³-hybridized carbons (Fsp3) is 0.333. The van der Waals surface area contributed by atoms with Crippen LogP contribution in [0.15, 0.2) is 34.1 Å². The lowest BCUT2D eigenvalue weighted by Gasteiger charge is -2.09. The van der Waals surface area contributed by atoms with Gasteiger partial charge >= 0.3 is 36.8 Å². The summed E-state index contributed by atoms with van der Waals surface area (Å²) >= 11 is -0.838. The van der Waals surface area contributed by atoms with Crippen LogP contribution in [0.4, 0.5) is 13.2 Å². The van der Waals surface area contributed by atoms with Crippen molar-refractivity contribution in [2.75, 3.05) is 13.7 Å². The Labute approximate surface area is 131 Å². The molecule has 0 aromatic heterocycles. The molecule has 9 heteroatoms. The van der Waals surface area contributed by atoms with E-state index < -0.39 is 36.8 Å². The summed E-state index contributed by atoms with van der Waals surface area (Å²) in [4.78, 5) is 0. The van der Waals surface area contributed by atoms with Crippen molar-refractivity contribution in [1.82, 2.24) is 0 Å². The highest BCUT2D eigenvalue weighted by Gasteiger charge is 2.49. The molecule has 0 bridgehead atoms. The second-order valence-corrected chi connectivity index (χ2v) is 7.80. The Morgan fingerprint density at radius 1 is 1.33 bits per heavy atom. The first kappa shape index (κ1) is 18.2. The van der Waals surface area contributed by atoms with Crippen molar-refractivity contribution in [3.05, 3.63) is 43.2 Å². The second-order valence-electron chi connectivity index (χ2n) is 3.85. The molecule has 1 rings (SSSR count). The lowest BCUT2D eigenvalue weighted by molar-refractivity contribution is -0.559. The van der Waals surface area contributed by atoms with Crippen LogP contribution >= 0.6 is 0 Å². The van der Waals surface area contributed by atoms with E-state index in [4.69, 9.17) is 0 Å². The van der Waals surface area contributed by atoms with E-state index in [0.29, 0.717) is 0 Å². The molecular weight excluding hydrogens is 424 g/mol. The summed E-state index contributed by atoms with van der Waals surface area (Å²) in [5.74, 6) is -0.356. The molecule has 0 unspecified atom stereocenters. The number of hydrogen-bond donors (Lipinski definition) is 0. The summed E-state index contributed by atoms with van der Waals surface area (Å²) in [6.45, 7) is 1.52. The highest BCUT2D eigenvalue weighted by atomic mass is 127. The van der Waals surface area contributed by atoms with Crippen molar-refractivity contribution in [2.45, 2.75) is 12.4 Å². The van der Waals surface area contributed by atoms with Crippen LogP contribution in [-0.4, -0.2) is 27.6 Å². The molecule has 0 saturated heterocycles. The van der Waals surface area contributed by atoms with Crippen molar-refractivity contribution in [1.29, 1.82) is 0 Å². The zero-order valence-corrected chi connectivity index (χ0v) is 14.1. The zero-order chi connectivity index (χ0) is 16.1. The number of ether oxygens (including phenoxy) is 1. The van der Waals surface area contributed by atoms with Gasteiger partial charge in [-0.1, -0.05) is 18.2 Å². The zero-order valence-electron chi connectivity index (χ0n) is 11.1. The Morgan fingerprint density at radius 3 is 2.48 bits per heavy atom. The summed E-state index contributed by atoms with van der Waals surface area (Å²) in [6, 6.07) is 7.35. The molecule has 0 fully saturated rings. The van der Waals surface area contributed by atoms with E-state index in [1.165, 1.54) is 11.2 Å². The van der Waals surface area contributed by atoms with E-state index in [-0.39, 0.29) is 12.4 Å². The normalized spacial score (nSPS) is 13.3. The molecule has 0 aliphatic rings. The molecule has 1 aromatic rings. The largest absolute Gasteiger partial charge is 0.534 e. The highest BCUT2D eigenvalue weighted by Crippen LogP contribution is 2.26. The number of halogens is 4. The standard InChI is InChI=1S/C12H13F3IO4S/c1-9-5-3-4-6-11(9)16-7-10(8-19-2)20-21(17,18)12(13,14)15/h3-7H,8H2,1-2H3/q+1/b10-7+. The lowest BCUT2D eigenvalue weighted by atomic mass is 10.2. The molecule has 0 aliphatic carbocycles. The van der Waals surface area contributed by atoms with E-state index in [1.807, 2.05) is 25.1 Å². The first-order valence-electron chi connectivity index (χ1n) is 5.55. The average molecular weight is 437 g/mol. The molecule has 21 heavy (non-hydrogen) atoms. The van der Waals surface area contributed by atoms with Gasteiger partial charge in [-0.25, -0.2) is 0 Å². The van der Waals surface area contributed by atoms with Gasteiger partial charge in [0.05, 0.1) is 0 Å². The molecule has 0 N–H and O–H groups in total. The van der Waals surface area contributed by atoms with E-state index >= 15 is 0 Å². The molecule has 0 saturated carbocycles. The van der Waals surface area contributed by atoms with Crippen molar-refractivity contribution in [3.8, 4) is 0 Å². The molecule has 4 nitrogen and oxygen atoms in total. The predicted octanol–water partition coefficient (Wildman–Crippen LogP) is -0.392. The van der Waals surface area contributed by atoms with E-state index in [1.54, 1.807) is 6.07 Å². The maximum Gasteiger partial charge on any atom is 0.534 e. The van der Waals surface area contributed by atoms with Crippen LogP contribution in [0, 0.1) is 10.5 Å². The Balaban J connectivity index is 2.92. The molecule has 0 heterocycles. The monoisotopic (exact) mass is 437 g/mol. The fourth-order valence-electron chi connectivity index (χ4n) is 1.20. The quantitative estimate of drug-likeness (QED) is 0.264. The molecule has 0 amide bonds. The van der Waals surface area contributed by atoms with Gasteiger partial charge in [-0.05, 0) is 13.0 Å². The minimum absolute atomic E-state index is 0.346. The van der Waals surface area contributed by atoms with Gasteiger partial charge in [0.2, 0.25) is 4.08 Å². The Morgan fingerprint density at radius 2 is 1.95 bits per heavy atom. The van der Waals surface area contributed by atoms with Gasteiger partial charge in [-0.15, -0.1) is 0 Å². The van der Waals surface area contributed by atoms with Gasteiger partial charge in [0.25, 0.3) is 0 Å². The third-order valence-electron chi connectivity index (χ3n) is 2.16. The molecule has 0 aliphatic heterocycles. The van der Waals surface area contributed by atoms with Crippen molar-refractivity contribution in [3.63, 3.8) is 0 Å². The summed E-state index contributed by atoms with van der Waals surface area (Å²) in [7, 11) is -4.42. The van der Waals surface area contributed by atoms with Crippen molar-refractivity contribution in [2.24, 2.45) is 0 Å². The maximum atomic E-state index is 12.3.